The predicted octanol–water partition coefficient (Wildman–Crippen LogP) is 4.18. The van der Waals surface area contributed by atoms with Crippen molar-refractivity contribution in [3.63, 3.8) is 0 Å². The van der Waals surface area contributed by atoms with Crippen molar-refractivity contribution in [3.8, 4) is 6.07 Å². The molecule has 0 unspecified atom stereocenters. The number of halogens is 4. The molecule has 0 aromatic heterocycles. The van der Waals surface area contributed by atoms with Gasteiger partial charge >= 0.3 is 6.09 Å². The van der Waals surface area contributed by atoms with E-state index in [1.165, 1.54) is 6.21 Å². The molecular weight excluding hydrogens is 356 g/mol. The van der Waals surface area contributed by atoms with Crippen molar-refractivity contribution in [2.45, 2.75) is 17.0 Å². The van der Waals surface area contributed by atoms with E-state index >= 15 is 0 Å². The van der Waals surface area contributed by atoms with Crippen molar-refractivity contribution < 1.29 is 9.63 Å². The van der Waals surface area contributed by atoms with Crippen LogP contribution in [0.1, 0.15) is 13.8 Å². The molecule has 19 heavy (non-hydrogen) atoms. The molecular formula is C9H11Cl4N3O2S. The molecule has 0 aliphatic rings. The third-order valence-corrected chi connectivity index (χ3v) is 3.05. The number of nitriles is 1. The van der Waals surface area contributed by atoms with Gasteiger partial charge in [-0.15, -0.1) is 11.6 Å². The highest BCUT2D eigenvalue weighted by Gasteiger charge is 2.29. The normalized spacial score (nSPS) is 12.3. The van der Waals surface area contributed by atoms with Crippen molar-refractivity contribution in [3.05, 3.63) is 0 Å². The van der Waals surface area contributed by atoms with Gasteiger partial charge in [-0.25, -0.2) is 9.10 Å². The number of hydrogen-bond acceptors (Lipinski definition) is 5. The summed E-state index contributed by atoms with van der Waals surface area (Å²) in [6, 6.07) is 1.96. The van der Waals surface area contributed by atoms with Crippen LogP contribution in [0.25, 0.3) is 0 Å². The van der Waals surface area contributed by atoms with E-state index < -0.39 is 14.6 Å². The largest absolute Gasteiger partial charge is 0.446 e. The standard InChI is InChI=1S/C9H11Cl4N3O2S/c1-8(2,5-14)6-15-18-7(17)16(4-3-10)19-9(11,12)13/h6H,3-4H2,1-2H3/b15-6+. The molecule has 0 heterocycles. The first kappa shape index (κ1) is 18.9. The third kappa shape index (κ3) is 9.47. The van der Waals surface area contributed by atoms with E-state index in [0.717, 1.165) is 4.31 Å². The lowest BCUT2D eigenvalue weighted by atomic mass is 9.98. The second kappa shape index (κ2) is 8.28. The van der Waals surface area contributed by atoms with Crippen molar-refractivity contribution in [1.29, 1.82) is 5.26 Å². The summed E-state index contributed by atoms with van der Waals surface area (Å²) in [5, 5.41) is 12.2. The van der Waals surface area contributed by atoms with E-state index in [9.17, 15) is 4.79 Å². The van der Waals surface area contributed by atoms with Crippen LogP contribution in [0.3, 0.4) is 0 Å². The van der Waals surface area contributed by atoms with E-state index in [0.29, 0.717) is 11.9 Å². The fourth-order valence-corrected chi connectivity index (χ4v) is 2.21. The quantitative estimate of drug-likeness (QED) is 0.241. The van der Waals surface area contributed by atoms with Gasteiger partial charge in [-0.05, 0) is 13.8 Å². The summed E-state index contributed by atoms with van der Waals surface area (Å²) < 4.78 is -0.697. The van der Waals surface area contributed by atoms with Crippen LogP contribution in [-0.4, -0.2) is 32.2 Å². The molecule has 0 aromatic rings. The first-order valence-electron chi connectivity index (χ1n) is 4.87. The molecule has 0 aromatic carbocycles. The van der Waals surface area contributed by atoms with Crippen LogP contribution in [0, 0.1) is 16.7 Å². The molecule has 0 saturated heterocycles. The zero-order valence-corrected chi connectivity index (χ0v) is 13.9. The van der Waals surface area contributed by atoms with Crippen LogP contribution in [0.15, 0.2) is 5.16 Å². The summed E-state index contributed by atoms with van der Waals surface area (Å²) in [6.45, 7) is 3.32. The van der Waals surface area contributed by atoms with Gasteiger partial charge < -0.3 is 0 Å². The average molecular weight is 367 g/mol. The first-order valence-corrected chi connectivity index (χ1v) is 7.31. The Labute approximate surface area is 135 Å². The van der Waals surface area contributed by atoms with E-state index in [1.807, 2.05) is 6.07 Å². The summed E-state index contributed by atoms with van der Waals surface area (Å²) in [7, 11) is 0. The molecule has 10 heteroatoms. The van der Waals surface area contributed by atoms with Crippen molar-refractivity contribution in [2.75, 3.05) is 12.4 Å². The summed E-state index contributed by atoms with van der Waals surface area (Å²) in [6.07, 6.45) is 0.353. The Kier molecular flexibility index (Phi) is 8.25. The molecule has 5 nitrogen and oxygen atoms in total. The lowest BCUT2D eigenvalue weighted by Crippen LogP contribution is -2.28. The smallest absolute Gasteiger partial charge is 0.298 e. The van der Waals surface area contributed by atoms with Gasteiger partial charge in [0, 0.05) is 24.4 Å². The number of alkyl halides is 4. The Morgan fingerprint density at radius 3 is 2.53 bits per heavy atom. The highest BCUT2D eigenvalue weighted by atomic mass is 35.6. The minimum Gasteiger partial charge on any atom is -0.298 e. The van der Waals surface area contributed by atoms with Gasteiger partial charge in [0.25, 0.3) is 3.12 Å². The van der Waals surface area contributed by atoms with Gasteiger partial charge in [0.2, 0.25) is 0 Å². The van der Waals surface area contributed by atoms with Gasteiger partial charge in [0.1, 0.15) is 0 Å². The van der Waals surface area contributed by atoms with Crippen LogP contribution in [0.5, 0.6) is 0 Å². The molecule has 0 saturated carbocycles. The number of hydrogen-bond donors (Lipinski definition) is 0. The maximum atomic E-state index is 11.6. The maximum absolute atomic E-state index is 11.6. The van der Waals surface area contributed by atoms with Gasteiger partial charge in [0.05, 0.1) is 17.7 Å². The molecule has 0 spiro atoms. The van der Waals surface area contributed by atoms with E-state index in [-0.39, 0.29) is 12.4 Å². The van der Waals surface area contributed by atoms with Crippen LogP contribution in [0.4, 0.5) is 4.79 Å². The lowest BCUT2D eigenvalue weighted by Gasteiger charge is -2.21. The third-order valence-electron chi connectivity index (χ3n) is 1.50. The minimum atomic E-state index is -1.72. The highest BCUT2D eigenvalue weighted by molar-refractivity contribution is 8.03. The molecule has 0 bridgehead atoms. The molecule has 1 amide bonds. The zero-order valence-electron chi connectivity index (χ0n) is 10.1. The Bertz CT molecular complexity index is 379. The number of rotatable bonds is 5. The molecule has 0 N–H and O–H groups in total. The minimum absolute atomic E-state index is 0.107. The average Bonchev–Trinajstić information content (AvgIpc) is 2.26. The molecule has 0 aliphatic heterocycles. The van der Waals surface area contributed by atoms with Crippen LogP contribution < -0.4 is 0 Å². The number of carbonyl (C=O) groups is 1. The molecule has 108 valence electrons. The van der Waals surface area contributed by atoms with Crippen LogP contribution in [0.2, 0.25) is 0 Å². The predicted molar refractivity (Wildman–Crippen MR) is 79.7 cm³/mol. The molecule has 0 atom stereocenters. The van der Waals surface area contributed by atoms with Crippen LogP contribution in [-0.2, 0) is 4.84 Å². The summed E-state index contributed by atoms with van der Waals surface area (Å²) in [5.74, 6) is 0.135. The second-order valence-corrected chi connectivity index (χ2v) is 8.32. The van der Waals surface area contributed by atoms with Gasteiger partial charge in [-0.2, -0.15) is 5.26 Å². The topological polar surface area (TPSA) is 65.7 Å². The number of carbonyl (C=O) groups excluding carboxylic acids is 1. The zero-order chi connectivity index (χ0) is 15.1. The Hall–Kier alpha value is -0.0600. The number of oxime groups is 1. The second-order valence-electron chi connectivity index (χ2n) is 3.75. The SMILES string of the molecule is CC(C)(C#N)/C=N/OC(=O)N(CCCl)SC(Cl)(Cl)Cl. The van der Waals surface area contributed by atoms with Gasteiger partial charge in [-0.1, -0.05) is 40.0 Å². The monoisotopic (exact) mass is 365 g/mol. The Morgan fingerprint density at radius 2 is 2.11 bits per heavy atom. The Balaban J connectivity index is 4.55. The highest BCUT2D eigenvalue weighted by Crippen LogP contribution is 2.41. The molecule has 0 rings (SSSR count). The molecule has 0 fully saturated rings. The first-order chi connectivity index (χ1) is 8.61. The van der Waals surface area contributed by atoms with Crippen LogP contribution >= 0.6 is 58.4 Å². The fraction of sp³-hybridized carbons (Fsp3) is 0.667. The fourth-order valence-electron chi connectivity index (χ4n) is 0.654. The summed E-state index contributed by atoms with van der Waals surface area (Å²) >= 11 is 22.8. The van der Waals surface area contributed by atoms with E-state index in [2.05, 4.69) is 9.99 Å². The molecule has 0 aliphatic carbocycles. The van der Waals surface area contributed by atoms with Crippen molar-refractivity contribution >= 4 is 70.7 Å². The number of nitrogens with zero attached hydrogens (tertiary/aromatic N) is 3. The van der Waals surface area contributed by atoms with E-state index in [4.69, 9.17) is 51.7 Å². The lowest BCUT2D eigenvalue weighted by molar-refractivity contribution is 0.133. The van der Waals surface area contributed by atoms with Gasteiger partial charge in [0.15, 0.2) is 0 Å². The van der Waals surface area contributed by atoms with Gasteiger partial charge in [-0.3, -0.25) is 4.84 Å². The molecule has 0 radical (unpaired) electrons. The Morgan fingerprint density at radius 1 is 1.53 bits per heavy atom. The van der Waals surface area contributed by atoms with Crippen molar-refractivity contribution in [2.24, 2.45) is 10.6 Å². The van der Waals surface area contributed by atoms with Crippen molar-refractivity contribution in [1.82, 2.24) is 4.31 Å². The summed E-state index contributed by atoms with van der Waals surface area (Å²) in [5.41, 5.74) is -0.847. The maximum Gasteiger partial charge on any atom is 0.446 e. The summed E-state index contributed by atoms with van der Waals surface area (Å²) in [4.78, 5) is 16.2. The number of amides is 1. The van der Waals surface area contributed by atoms with E-state index in [1.54, 1.807) is 13.8 Å².